The number of nitrogens with zero attached hydrogens (tertiary/aromatic N) is 1. The smallest absolute Gasteiger partial charge is 0.262 e. The lowest BCUT2D eigenvalue weighted by atomic mass is 10.2. The molecule has 0 saturated heterocycles. The van der Waals surface area contributed by atoms with Crippen molar-refractivity contribution in [2.45, 2.75) is 13.5 Å². The van der Waals surface area contributed by atoms with Gasteiger partial charge in [0.1, 0.15) is 17.0 Å². The third kappa shape index (κ3) is 2.32. The van der Waals surface area contributed by atoms with Gasteiger partial charge in [0.2, 0.25) is 5.52 Å². The molecule has 2 nitrogen and oxygen atoms in total. The van der Waals surface area contributed by atoms with E-state index in [-0.39, 0.29) is 0 Å². The van der Waals surface area contributed by atoms with E-state index in [9.17, 15) is 5.11 Å². The molecular formula is C17H16NOS+. The molecule has 3 rings (SSSR count). The molecule has 0 aliphatic rings. The van der Waals surface area contributed by atoms with E-state index in [2.05, 4.69) is 41.8 Å². The van der Waals surface area contributed by atoms with Gasteiger partial charge in [-0.1, -0.05) is 41.7 Å². The summed E-state index contributed by atoms with van der Waals surface area (Å²) in [6.45, 7) is 3.08. The molecule has 100 valence electrons. The van der Waals surface area contributed by atoms with Gasteiger partial charge in [-0.3, -0.25) is 0 Å². The number of thiazole rings is 1. The number of rotatable bonds is 3. The Hall–Kier alpha value is -2.13. The van der Waals surface area contributed by atoms with Gasteiger partial charge < -0.3 is 5.11 Å². The number of benzene rings is 2. The predicted molar refractivity (Wildman–Crippen MR) is 84.7 cm³/mol. The summed E-state index contributed by atoms with van der Waals surface area (Å²) in [6.07, 6.45) is 4.04. The Balaban J connectivity index is 2.05. The van der Waals surface area contributed by atoms with Gasteiger partial charge >= 0.3 is 0 Å². The second-order valence-electron chi connectivity index (χ2n) is 4.54. The fourth-order valence-corrected chi connectivity index (χ4v) is 3.42. The zero-order valence-electron chi connectivity index (χ0n) is 11.3. The van der Waals surface area contributed by atoms with Gasteiger partial charge in [0.05, 0.1) is 0 Å². The summed E-state index contributed by atoms with van der Waals surface area (Å²) in [6, 6.07) is 15.8. The Kier molecular flexibility index (Phi) is 3.52. The second kappa shape index (κ2) is 5.47. The lowest BCUT2D eigenvalue weighted by Crippen LogP contribution is -2.33. The van der Waals surface area contributed by atoms with Crippen LogP contribution in [0.3, 0.4) is 0 Å². The molecule has 0 atom stereocenters. The van der Waals surface area contributed by atoms with Crippen LogP contribution in [0.4, 0.5) is 0 Å². The molecular weight excluding hydrogens is 266 g/mol. The van der Waals surface area contributed by atoms with Gasteiger partial charge in [0.25, 0.3) is 5.01 Å². The largest absolute Gasteiger partial charge is 0.507 e. The topological polar surface area (TPSA) is 24.1 Å². The van der Waals surface area contributed by atoms with Crippen LogP contribution in [0.2, 0.25) is 0 Å². The highest BCUT2D eigenvalue weighted by molar-refractivity contribution is 7.18. The van der Waals surface area contributed by atoms with Crippen molar-refractivity contribution >= 4 is 33.7 Å². The number of hydrogen-bond acceptors (Lipinski definition) is 2. The standard InChI is InChI=1S/C17H15NOS/c1-2-18-14-8-4-6-10-16(14)20-17(18)12-11-13-7-3-5-9-15(13)19/h3-12H,2H2,1H3/p+1. The van der Waals surface area contributed by atoms with Crippen LogP contribution in [0.5, 0.6) is 5.75 Å². The average molecular weight is 282 g/mol. The minimum atomic E-state index is 0.313. The van der Waals surface area contributed by atoms with Crippen LogP contribution in [0.25, 0.3) is 22.4 Å². The van der Waals surface area contributed by atoms with Crippen molar-refractivity contribution in [3.8, 4) is 5.75 Å². The first kappa shape index (κ1) is 12.9. The molecule has 20 heavy (non-hydrogen) atoms. The number of aromatic nitrogens is 1. The van der Waals surface area contributed by atoms with E-state index in [1.807, 2.05) is 24.3 Å². The molecule has 0 aliphatic carbocycles. The van der Waals surface area contributed by atoms with Gasteiger partial charge in [0, 0.05) is 17.7 Å². The molecule has 0 spiro atoms. The van der Waals surface area contributed by atoms with Crippen molar-refractivity contribution < 1.29 is 9.67 Å². The van der Waals surface area contributed by atoms with Crippen molar-refractivity contribution in [3.05, 3.63) is 59.1 Å². The molecule has 0 amide bonds. The van der Waals surface area contributed by atoms with Crippen molar-refractivity contribution in [1.82, 2.24) is 0 Å². The van der Waals surface area contributed by atoms with Crippen LogP contribution in [0.15, 0.2) is 48.5 Å². The van der Waals surface area contributed by atoms with Gasteiger partial charge in [0.15, 0.2) is 0 Å². The third-order valence-corrected chi connectivity index (χ3v) is 4.43. The van der Waals surface area contributed by atoms with Gasteiger partial charge in [-0.05, 0) is 25.1 Å². The molecule has 0 radical (unpaired) electrons. The Morgan fingerprint density at radius 2 is 1.80 bits per heavy atom. The maximum Gasteiger partial charge on any atom is 0.262 e. The normalized spacial score (nSPS) is 11.4. The Labute approximate surface area is 122 Å². The fraction of sp³-hybridized carbons (Fsp3) is 0.118. The summed E-state index contributed by atoms with van der Waals surface area (Å²) in [5.74, 6) is 0.313. The van der Waals surface area contributed by atoms with E-state index in [4.69, 9.17) is 0 Å². The number of aromatic hydroxyl groups is 1. The molecule has 3 heteroatoms. The summed E-state index contributed by atoms with van der Waals surface area (Å²) in [5.41, 5.74) is 2.10. The summed E-state index contributed by atoms with van der Waals surface area (Å²) < 4.78 is 3.57. The Morgan fingerprint density at radius 1 is 1.05 bits per heavy atom. The number of phenolic OH excluding ortho intramolecular Hbond substituents is 1. The molecule has 0 fully saturated rings. The van der Waals surface area contributed by atoms with Crippen LogP contribution in [0.1, 0.15) is 17.5 Å². The first-order valence-electron chi connectivity index (χ1n) is 6.67. The summed E-state index contributed by atoms with van der Waals surface area (Å²) in [4.78, 5) is 0. The Morgan fingerprint density at radius 3 is 2.60 bits per heavy atom. The maximum atomic E-state index is 9.80. The molecule has 0 aliphatic heterocycles. The van der Waals surface area contributed by atoms with Crippen molar-refractivity contribution in [3.63, 3.8) is 0 Å². The summed E-state index contributed by atoms with van der Waals surface area (Å²) >= 11 is 1.77. The van der Waals surface area contributed by atoms with E-state index in [1.165, 1.54) is 15.2 Å². The highest BCUT2D eigenvalue weighted by Gasteiger charge is 2.15. The van der Waals surface area contributed by atoms with Gasteiger partial charge in [-0.25, -0.2) is 0 Å². The Bertz CT molecular complexity index is 774. The monoisotopic (exact) mass is 282 g/mol. The number of para-hydroxylation sites is 2. The number of hydrogen-bond donors (Lipinski definition) is 1. The first-order chi connectivity index (χ1) is 9.79. The van der Waals surface area contributed by atoms with Crippen LogP contribution in [-0.2, 0) is 6.54 Å². The number of fused-ring (bicyclic) bond motifs is 1. The van der Waals surface area contributed by atoms with Crippen molar-refractivity contribution in [2.75, 3.05) is 0 Å². The van der Waals surface area contributed by atoms with Crippen LogP contribution in [-0.4, -0.2) is 5.11 Å². The number of aryl methyl sites for hydroxylation is 1. The minimum Gasteiger partial charge on any atom is -0.507 e. The SMILES string of the molecule is CC[n+]1c(/C=C/c2ccccc2O)sc2ccccc21. The molecule has 1 heterocycles. The summed E-state index contributed by atoms with van der Waals surface area (Å²) in [5, 5.41) is 11.0. The van der Waals surface area contributed by atoms with E-state index in [1.54, 1.807) is 17.4 Å². The lowest BCUT2D eigenvalue weighted by molar-refractivity contribution is -0.665. The molecule has 2 aromatic carbocycles. The average Bonchev–Trinajstić information content (AvgIpc) is 2.84. The lowest BCUT2D eigenvalue weighted by Gasteiger charge is -1.96. The quantitative estimate of drug-likeness (QED) is 0.719. The van der Waals surface area contributed by atoms with E-state index >= 15 is 0 Å². The zero-order chi connectivity index (χ0) is 13.9. The summed E-state index contributed by atoms with van der Waals surface area (Å²) in [7, 11) is 0. The van der Waals surface area contributed by atoms with Crippen molar-refractivity contribution in [2.24, 2.45) is 0 Å². The van der Waals surface area contributed by atoms with Gasteiger partial charge in [-0.2, -0.15) is 4.57 Å². The molecule has 3 aromatic rings. The van der Waals surface area contributed by atoms with Crippen molar-refractivity contribution in [1.29, 1.82) is 0 Å². The molecule has 1 aromatic heterocycles. The maximum absolute atomic E-state index is 9.80. The van der Waals surface area contributed by atoms with Crippen LogP contribution in [0, 0.1) is 0 Å². The molecule has 0 saturated carbocycles. The minimum absolute atomic E-state index is 0.313. The molecule has 1 N–H and O–H groups in total. The molecule has 0 unspecified atom stereocenters. The third-order valence-electron chi connectivity index (χ3n) is 3.30. The highest BCUT2D eigenvalue weighted by Crippen LogP contribution is 2.23. The van der Waals surface area contributed by atoms with E-state index < -0.39 is 0 Å². The highest BCUT2D eigenvalue weighted by atomic mass is 32.1. The first-order valence-corrected chi connectivity index (χ1v) is 7.48. The van der Waals surface area contributed by atoms with E-state index in [0.717, 1.165) is 12.1 Å². The van der Waals surface area contributed by atoms with Gasteiger partial charge in [-0.15, -0.1) is 0 Å². The predicted octanol–water partition coefficient (Wildman–Crippen LogP) is 4.08. The van der Waals surface area contributed by atoms with Crippen LogP contribution >= 0.6 is 11.3 Å². The molecule has 0 bridgehead atoms. The number of phenols is 1. The zero-order valence-corrected chi connectivity index (χ0v) is 12.1. The van der Waals surface area contributed by atoms with E-state index in [0.29, 0.717) is 5.75 Å². The fourth-order valence-electron chi connectivity index (χ4n) is 2.29. The second-order valence-corrected chi connectivity index (χ2v) is 5.61. The van der Waals surface area contributed by atoms with Crippen LogP contribution < -0.4 is 4.57 Å².